The summed E-state index contributed by atoms with van der Waals surface area (Å²) in [6.07, 6.45) is 0. The van der Waals surface area contributed by atoms with E-state index in [9.17, 15) is 4.79 Å². The molecular weight excluding hydrogens is 454 g/mol. The number of carbonyl (C=O) groups is 1. The first-order valence-corrected chi connectivity index (χ1v) is 12.1. The van der Waals surface area contributed by atoms with E-state index < -0.39 is 0 Å². The van der Waals surface area contributed by atoms with Crippen molar-refractivity contribution >= 4 is 44.9 Å². The summed E-state index contributed by atoms with van der Waals surface area (Å²) in [5.41, 5.74) is 3.13. The number of fused-ring (bicyclic) bond motifs is 1. The third-order valence-corrected chi connectivity index (χ3v) is 6.54. The minimum Gasteiger partial charge on any atom is -0.461 e. The molecular formula is C26H26ClN3O2S. The Balaban J connectivity index is 1.79. The Morgan fingerprint density at radius 3 is 2.12 bits per heavy atom. The van der Waals surface area contributed by atoms with Crippen LogP contribution in [0.1, 0.15) is 40.2 Å². The number of benzene rings is 2. The molecule has 0 aliphatic rings. The Morgan fingerprint density at radius 2 is 1.58 bits per heavy atom. The van der Waals surface area contributed by atoms with Crippen LogP contribution < -0.4 is 4.90 Å². The van der Waals surface area contributed by atoms with Crippen LogP contribution in [0, 0.1) is 12.8 Å². The van der Waals surface area contributed by atoms with Crippen molar-refractivity contribution in [2.45, 2.75) is 33.9 Å². The van der Waals surface area contributed by atoms with E-state index in [1.54, 1.807) is 0 Å². The Morgan fingerprint density at radius 1 is 1.00 bits per heavy atom. The van der Waals surface area contributed by atoms with Gasteiger partial charge in [-0.2, -0.15) is 4.98 Å². The second kappa shape index (κ2) is 10.3. The number of halogens is 1. The van der Waals surface area contributed by atoms with Crippen molar-refractivity contribution in [2.75, 3.05) is 11.5 Å². The molecule has 0 unspecified atom stereocenters. The van der Waals surface area contributed by atoms with Gasteiger partial charge in [0, 0.05) is 13.1 Å². The molecule has 0 aliphatic carbocycles. The first-order chi connectivity index (χ1) is 15.9. The van der Waals surface area contributed by atoms with Gasteiger partial charge in [-0.1, -0.05) is 74.5 Å². The maximum Gasteiger partial charge on any atom is 0.348 e. The van der Waals surface area contributed by atoms with Gasteiger partial charge in [0.25, 0.3) is 0 Å². The summed E-state index contributed by atoms with van der Waals surface area (Å²) in [4.78, 5) is 25.3. The first-order valence-electron chi connectivity index (χ1n) is 10.9. The molecule has 4 rings (SSSR count). The number of ether oxygens (including phenoxy) is 1. The highest BCUT2D eigenvalue weighted by atomic mass is 35.5. The fraction of sp³-hybridized carbons (Fsp3) is 0.269. The number of aryl methyl sites for hydroxylation is 1. The van der Waals surface area contributed by atoms with Crippen molar-refractivity contribution < 1.29 is 9.53 Å². The summed E-state index contributed by atoms with van der Waals surface area (Å²) in [6.45, 7) is 7.61. The van der Waals surface area contributed by atoms with Crippen LogP contribution in [0.3, 0.4) is 0 Å². The Hall–Kier alpha value is -2.96. The average molecular weight is 480 g/mol. The van der Waals surface area contributed by atoms with E-state index in [2.05, 4.69) is 39.1 Å². The molecule has 0 fully saturated rings. The molecule has 0 saturated carbocycles. The molecule has 0 atom stereocenters. The number of aromatic nitrogens is 2. The third-order valence-electron chi connectivity index (χ3n) is 5.21. The van der Waals surface area contributed by atoms with E-state index in [-0.39, 0.29) is 17.2 Å². The second-order valence-corrected chi connectivity index (χ2v) is 9.71. The molecule has 0 radical (unpaired) electrons. The molecule has 2 aromatic heterocycles. The van der Waals surface area contributed by atoms with Gasteiger partial charge in [-0.05, 0) is 41.1 Å². The zero-order valence-electron chi connectivity index (χ0n) is 18.9. The highest BCUT2D eigenvalue weighted by Gasteiger charge is 2.24. The first kappa shape index (κ1) is 23.2. The molecule has 2 heterocycles. The lowest BCUT2D eigenvalue weighted by atomic mass is 10.1. The second-order valence-electron chi connectivity index (χ2n) is 8.37. The Labute approximate surface area is 203 Å². The van der Waals surface area contributed by atoms with E-state index in [1.807, 2.05) is 57.2 Å². The summed E-state index contributed by atoms with van der Waals surface area (Å²) in [5.74, 6) is 0.652. The topological polar surface area (TPSA) is 55.3 Å². The number of anilines is 1. The van der Waals surface area contributed by atoms with Crippen LogP contribution in [-0.4, -0.2) is 22.5 Å². The Kier molecular flexibility index (Phi) is 7.26. The van der Waals surface area contributed by atoms with Gasteiger partial charge in [0.05, 0.1) is 12.0 Å². The van der Waals surface area contributed by atoms with Crippen LogP contribution in [0.15, 0.2) is 60.7 Å². The fourth-order valence-corrected chi connectivity index (χ4v) is 4.92. The highest BCUT2D eigenvalue weighted by Crippen LogP contribution is 2.37. The minimum atomic E-state index is -0.330. The van der Waals surface area contributed by atoms with E-state index in [4.69, 9.17) is 16.3 Å². The van der Waals surface area contributed by atoms with Gasteiger partial charge in [0.15, 0.2) is 0 Å². The van der Waals surface area contributed by atoms with Crippen LogP contribution in [-0.2, 0) is 17.8 Å². The molecule has 0 aliphatic heterocycles. The minimum absolute atomic E-state index is 0.159. The SMILES string of the molecule is Cc1c(C(=O)OCC(C)C)sc2nc(Cl)nc(N(Cc3ccccc3)Cc3ccccc3)c12. The average Bonchev–Trinajstić information content (AvgIpc) is 3.14. The molecule has 0 spiro atoms. The van der Waals surface area contributed by atoms with Gasteiger partial charge in [-0.25, -0.2) is 9.78 Å². The van der Waals surface area contributed by atoms with Crippen molar-refractivity contribution in [1.82, 2.24) is 9.97 Å². The fourth-order valence-electron chi connectivity index (χ4n) is 3.64. The monoisotopic (exact) mass is 479 g/mol. The van der Waals surface area contributed by atoms with Crippen LogP contribution in [0.5, 0.6) is 0 Å². The van der Waals surface area contributed by atoms with Crippen LogP contribution >= 0.6 is 22.9 Å². The number of rotatable bonds is 8. The van der Waals surface area contributed by atoms with Gasteiger partial charge in [-0.15, -0.1) is 11.3 Å². The normalized spacial score (nSPS) is 11.2. The summed E-state index contributed by atoms with van der Waals surface area (Å²) >= 11 is 7.66. The molecule has 0 amide bonds. The standard InChI is InChI=1S/C26H26ClN3O2S/c1-17(2)16-32-25(31)22-18(3)21-23(28-26(27)29-24(21)33-22)30(14-19-10-6-4-7-11-19)15-20-12-8-5-9-13-20/h4-13,17H,14-16H2,1-3H3. The lowest BCUT2D eigenvalue weighted by Crippen LogP contribution is -2.23. The lowest BCUT2D eigenvalue weighted by molar-refractivity contribution is 0.0464. The zero-order chi connectivity index (χ0) is 23.4. The van der Waals surface area contributed by atoms with Gasteiger partial charge in [0.1, 0.15) is 15.5 Å². The van der Waals surface area contributed by atoms with Crippen molar-refractivity contribution in [3.63, 3.8) is 0 Å². The lowest BCUT2D eigenvalue weighted by Gasteiger charge is -2.25. The summed E-state index contributed by atoms with van der Waals surface area (Å²) in [5, 5.41) is 1.000. The predicted octanol–water partition coefficient (Wildman–Crippen LogP) is 6.67. The summed E-state index contributed by atoms with van der Waals surface area (Å²) in [6, 6.07) is 20.5. The molecule has 33 heavy (non-hydrogen) atoms. The number of nitrogens with zero attached hydrogens (tertiary/aromatic N) is 3. The smallest absolute Gasteiger partial charge is 0.348 e. The van der Waals surface area contributed by atoms with Gasteiger partial charge < -0.3 is 9.64 Å². The van der Waals surface area contributed by atoms with Crippen molar-refractivity contribution in [3.8, 4) is 0 Å². The largest absolute Gasteiger partial charge is 0.461 e. The van der Waals surface area contributed by atoms with Crippen molar-refractivity contribution in [1.29, 1.82) is 0 Å². The summed E-state index contributed by atoms with van der Waals surface area (Å²) < 4.78 is 5.50. The van der Waals surface area contributed by atoms with Gasteiger partial charge in [-0.3, -0.25) is 0 Å². The molecule has 4 aromatic rings. The number of carbonyl (C=O) groups excluding carboxylic acids is 1. The maximum absolute atomic E-state index is 12.8. The van der Waals surface area contributed by atoms with E-state index in [0.717, 1.165) is 27.9 Å². The summed E-state index contributed by atoms with van der Waals surface area (Å²) in [7, 11) is 0. The number of hydrogen-bond acceptors (Lipinski definition) is 6. The number of thiophene rings is 1. The molecule has 170 valence electrons. The molecule has 7 heteroatoms. The third kappa shape index (κ3) is 5.52. The quantitative estimate of drug-likeness (QED) is 0.208. The van der Waals surface area contributed by atoms with Gasteiger partial charge >= 0.3 is 5.97 Å². The number of esters is 1. The highest BCUT2D eigenvalue weighted by molar-refractivity contribution is 7.20. The zero-order valence-corrected chi connectivity index (χ0v) is 20.5. The maximum atomic E-state index is 12.8. The molecule has 5 nitrogen and oxygen atoms in total. The van der Waals surface area contributed by atoms with Crippen LogP contribution in [0.2, 0.25) is 5.28 Å². The van der Waals surface area contributed by atoms with Crippen molar-refractivity contribution in [3.05, 3.63) is 87.5 Å². The van der Waals surface area contributed by atoms with Crippen LogP contribution in [0.4, 0.5) is 5.82 Å². The predicted molar refractivity (Wildman–Crippen MR) is 135 cm³/mol. The molecule has 0 saturated heterocycles. The molecule has 0 N–H and O–H groups in total. The number of hydrogen-bond donors (Lipinski definition) is 0. The van der Waals surface area contributed by atoms with Crippen molar-refractivity contribution in [2.24, 2.45) is 5.92 Å². The van der Waals surface area contributed by atoms with E-state index in [1.165, 1.54) is 11.3 Å². The Bertz CT molecular complexity index is 1200. The molecule has 2 aromatic carbocycles. The van der Waals surface area contributed by atoms with Gasteiger partial charge in [0.2, 0.25) is 5.28 Å². The molecule has 0 bridgehead atoms. The van der Waals surface area contributed by atoms with E-state index in [0.29, 0.717) is 29.4 Å². The van der Waals surface area contributed by atoms with E-state index >= 15 is 0 Å². The van der Waals surface area contributed by atoms with Crippen LogP contribution in [0.25, 0.3) is 10.2 Å².